The van der Waals surface area contributed by atoms with Crippen molar-refractivity contribution in [2.24, 2.45) is 12.0 Å². The van der Waals surface area contributed by atoms with Gasteiger partial charge in [-0.3, -0.25) is 9.67 Å². The van der Waals surface area contributed by atoms with E-state index in [1.165, 1.54) is 36.9 Å². The summed E-state index contributed by atoms with van der Waals surface area (Å²) in [5, 5.41) is 11.5. The first-order chi connectivity index (χ1) is 12.4. The molecule has 0 aromatic carbocycles. The Morgan fingerprint density at radius 1 is 1.33 bits per heavy atom. The minimum Gasteiger partial charge on any atom is -0.357 e. The smallest absolute Gasteiger partial charge is 0.191 e. The average molecular weight is 490 g/mol. The predicted octanol–water partition coefficient (Wildman–Crippen LogP) is 3.02. The maximum atomic E-state index is 4.79. The molecular weight excluding hydrogens is 451 g/mol. The van der Waals surface area contributed by atoms with Crippen LogP contribution in [0.15, 0.2) is 4.99 Å². The summed E-state index contributed by atoms with van der Waals surface area (Å²) in [5.74, 6) is 0.916. The molecule has 0 amide bonds. The van der Waals surface area contributed by atoms with Crippen molar-refractivity contribution < 1.29 is 0 Å². The van der Waals surface area contributed by atoms with E-state index in [0.717, 1.165) is 43.8 Å². The number of aromatic nitrogens is 2. The van der Waals surface area contributed by atoms with Crippen molar-refractivity contribution in [1.29, 1.82) is 0 Å². The highest BCUT2D eigenvalue weighted by Gasteiger charge is 2.19. The third-order valence-corrected chi connectivity index (χ3v) is 5.57. The molecule has 1 heterocycles. The Morgan fingerprint density at radius 3 is 2.56 bits per heavy atom. The Kier molecular flexibility index (Phi) is 10.7. The quantitative estimate of drug-likeness (QED) is 0.334. The van der Waals surface area contributed by atoms with Crippen LogP contribution in [0.2, 0.25) is 0 Å². The predicted molar refractivity (Wildman–Crippen MR) is 125 cm³/mol. The first-order valence-corrected chi connectivity index (χ1v) is 10.2. The summed E-state index contributed by atoms with van der Waals surface area (Å²) >= 11 is 0. The minimum absolute atomic E-state index is 0. The maximum absolute atomic E-state index is 4.79. The molecule has 1 fully saturated rings. The van der Waals surface area contributed by atoms with Crippen LogP contribution in [0, 0.1) is 13.8 Å². The number of likely N-dealkylation sites (N-methyl/N-ethyl adjacent to an activating group) is 1. The third kappa shape index (κ3) is 7.25. The largest absolute Gasteiger partial charge is 0.357 e. The zero-order chi connectivity index (χ0) is 19.1. The van der Waals surface area contributed by atoms with Gasteiger partial charge in [0.15, 0.2) is 5.96 Å². The standard InChI is InChI=1S/C20H38N6.HI/c1-7-21-20(22-12-13-25(5)18-10-8-9-11-18)23-15(2)14-19-16(3)24-26(6)17(19)4;/h15,18H,7-14H2,1-6H3,(H2,21,22,23);1H. The van der Waals surface area contributed by atoms with Gasteiger partial charge in [0.2, 0.25) is 0 Å². The SMILES string of the molecule is CCNC(=NCCN(C)C1CCCC1)NC(C)Cc1c(C)nn(C)c1C.I. The van der Waals surface area contributed by atoms with E-state index >= 15 is 0 Å². The number of aliphatic imine (C=N–C) groups is 1. The van der Waals surface area contributed by atoms with Crippen LogP contribution in [-0.2, 0) is 13.5 Å². The number of guanidine groups is 1. The third-order valence-electron chi connectivity index (χ3n) is 5.57. The van der Waals surface area contributed by atoms with Gasteiger partial charge < -0.3 is 15.5 Å². The van der Waals surface area contributed by atoms with Gasteiger partial charge in [-0.1, -0.05) is 12.8 Å². The molecule has 0 aliphatic heterocycles. The molecule has 0 saturated heterocycles. The second-order valence-corrected chi connectivity index (χ2v) is 7.70. The Balaban J connectivity index is 0.00000364. The molecule has 2 rings (SSSR count). The summed E-state index contributed by atoms with van der Waals surface area (Å²) in [6, 6.07) is 1.07. The first-order valence-electron chi connectivity index (χ1n) is 10.2. The van der Waals surface area contributed by atoms with Gasteiger partial charge in [-0.2, -0.15) is 5.10 Å². The van der Waals surface area contributed by atoms with Crippen molar-refractivity contribution in [3.05, 3.63) is 17.0 Å². The summed E-state index contributed by atoms with van der Waals surface area (Å²) in [4.78, 5) is 7.27. The fraction of sp³-hybridized carbons (Fsp3) is 0.800. The zero-order valence-electron chi connectivity index (χ0n) is 18.0. The molecule has 2 N–H and O–H groups in total. The van der Waals surface area contributed by atoms with E-state index in [0.29, 0.717) is 6.04 Å². The maximum Gasteiger partial charge on any atom is 0.191 e. The van der Waals surface area contributed by atoms with Crippen molar-refractivity contribution in [2.45, 2.75) is 71.9 Å². The highest BCUT2D eigenvalue weighted by atomic mass is 127. The average Bonchev–Trinajstić information content (AvgIpc) is 3.20. The van der Waals surface area contributed by atoms with Crippen LogP contribution in [0.5, 0.6) is 0 Å². The number of hydrogen-bond donors (Lipinski definition) is 2. The monoisotopic (exact) mass is 490 g/mol. The molecular formula is C20H39IN6. The van der Waals surface area contributed by atoms with Crippen LogP contribution >= 0.6 is 24.0 Å². The van der Waals surface area contributed by atoms with Crippen molar-refractivity contribution >= 4 is 29.9 Å². The van der Waals surface area contributed by atoms with Crippen LogP contribution < -0.4 is 10.6 Å². The first kappa shape index (κ1) is 24.2. The van der Waals surface area contributed by atoms with Gasteiger partial charge in [0, 0.05) is 37.9 Å². The van der Waals surface area contributed by atoms with Gasteiger partial charge >= 0.3 is 0 Å². The van der Waals surface area contributed by atoms with Gasteiger partial charge in [0.25, 0.3) is 0 Å². The van der Waals surface area contributed by atoms with Crippen LogP contribution in [0.4, 0.5) is 0 Å². The van der Waals surface area contributed by atoms with Gasteiger partial charge in [0.05, 0.1) is 12.2 Å². The molecule has 1 aliphatic rings. The molecule has 27 heavy (non-hydrogen) atoms. The highest BCUT2D eigenvalue weighted by molar-refractivity contribution is 14.0. The summed E-state index contributed by atoms with van der Waals surface area (Å²) in [6.07, 6.45) is 6.41. The second-order valence-electron chi connectivity index (χ2n) is 7.70. The summed E-state index contributed by atoms with van der Waals surface area (Å²) in [5.41, 5.74) is 3.71. The van der Waals surface area contributed by atoms with Crippen LogP contribution in [-0.4, -0.2) is 59.4 Å². The van der Waals surface area contributed by atoms with Crippen molar-refractivity contribution in [3.8, 4) is 0 Å². The van der Waals surface area contributed by atoms with E-state index in [1.54, 1.807) is 0 Å². The Labute approximate surface area is 182 Å². The number of nitrogens with zero attached hydrogens (tertiary/aromatic N) is 4. The molecule has 1 aromatic rings. The fourth-order valence-electron chi connectivity index (χ4n) is 3.87. The van der Waals surface area contributed by atoms with E-state index in [4.69, 9.17) is 4.99 Å². The Morgan fingerprint density at radius 2 is 2.00 bits per heavy atom. The number of rotatable bonds is 8. The number of nitrogens with one attached hydrogen (secondary N) is 2. The molecule has 6 nitrogen and oxygen atoms in total. The van der Waals surface area contributed by atoms with Crippen molar-refractivity contribution in [2.75, 3.05) is 26.7 Å². The van der Waals surface area contributed by atoms with Crippen LogP contribution in [0.25, 0.3) is 0 Å². The molecule has 7 heteroatoms. The molecule has 1 saturated carbocycles. The van der Waals surface area contributed by atoms with E-state index in [9.17, 15) is 0 Å². The van der Waals surface area contributed by atoms with Crippen LogP contribution in [0.1, 0.15) is 56.5 Å². The molecule has 0 bridgehead atoms. The number of aryl methyl sites for hydroxylation is 2. The zero-order valence-corrected chi connectivity index (χ0v) is 20.3. The topological polar surface area (TPSA) is 57.5 Å². The van der Waals surface area contributed by atoms with Gasteiger partial charge in [-0.05, 0) is 59.6 Å². The molecule has 1 atom stereocenters. The fourth-order valence-corrected chi connectivity index (χ4v) is 3.87. The van der Waals surface area contributed by atoms with Gasteiger partial charge in [0.1, 0.15) is 0 Å². The highest BCUT2D eigenvalue weighted by Crippen LogP contribution is 2.21. The second kappa shape index (κ2) is 11.9. The Hall–Kier alpha value is -0.830. The molecule has 1 unspecified atom stereocenters. The number of hydrogen-bond acceptors (Lipinski definition) is 3. The van der Waals surface area contributed by atoms with E-state index < -0.39 is 0 Å². The van der Waals surface area contributed by atoms with E-state index in [-0.39, 0.29) is 24.0 Å². The molecule has 1 aliphatic carbocycles. The van der Waals surface area contributed by atoms with Crippen molar-refractivity contribution in [3.63, 3.8) is 0 Å². The molecule has 0 radical (unpaired) electrons. The van der Waals surface area contributed by atoms with Crippen LogP contribution in [0.3, 0.4) is 0 Å². The van der Waals surface area contributed by atoms with E-state index in [1.807, 2.05) is 11.7 Å². The minimum atomic E-state index is 0. The normalized spacial score (nSPS) is 16.5. The summed E-state index contributed by atoms with van der Waals surface area (Å²) in [7, 11) is 4.25. The molecule has 156 valence electrons. The lowest BCUT2D eigenvalue weighted by atomic mass is 10.1. The summed E-state index contributed by atoms with van der Waals surface area (Å²) in [6.45, 7) is 11.3. The lowest BCUT2D eigenvalue weighted by molar-refractivity contribution is 0.252. The van der Waals surface area contributed by atoms with Gasteiger partial charge in [-0.25, -0.2) is 0 Å². The lowest BCUT2D eigenvalue weighted by Gasteiger charge is -2.23. The summed E-state index contributed by atoms with van der Waals surface area (Å²) < 4.78 is 1.97. The molecule has 1 aromatic heterocycles. The van der Waals surface area contributed by atoms with Gasteiger partial charge in [-0.15, -0.1) is 24.0 Å². The van der Waals surface area contributed by atoms with E-state index in [2.05, 4.69) is 55.4 Å². The number of halogens is 1. The lowest BCUT2D eigenvalue weighted by Crippen LogP contribution is -2.43. The Bertz CT molecular complexity index is 592. The molecule has 0 spiro atoms. The van der Waals surface area contributed by atoms with Crippen molar-refractivity contribution in [1.82, 2.24) is 25.3 Å².